The van der Waals surface area contributed by atoms with E-state index in [4.69, 9.17) is 4.74 Å². The Labute approximate surface area is 140 Å². The van der Waals surface area contributed by atoms with Crippen molar-refractivity contribution in [3.05, 3.63) is 70.5 Å². The van der Waals surface area contributed by atoms with Gasteiger partial charge in [-0.3, -0.25) is 14.0 Å². The molecule has 0 bridgehead atoms. The van der Waals surface area contributed by atoms with Crippen LogP contribution >= 0.6 is 15.9 Å². The number of carbonyl (C=O) groups is 1. The SMILES string of the molecule is O=C(c1cc2n(n1)CC(c1ccc(Br)cc1)OC2)n1ccnc1. The summed E-state index contributed by atoms with van der Waals surface area (Å²) < 4.78 is 10.2. The van der Waals surface area contributed by atoms with Gasteiger partial charge in [-0.15, -0.1) is 0 Å². The average Bonchev–Trinajstić information content (AvgIpc) is 3.23. The van der Waals surface area contributed by atoms with Crippen LogP contribution in [0.15, 0.2) is 53.5 Å². The van der Waals surface area contributed by atoms with Gasteiger partial charge in [-0.2, -0.15) is 5.10 Å². The zero-order valence-electron chi connectivity index (χ0n) is 12.1. The van der Waals surface area contributed by atoms with E-state index in [1.807, 2.05) is 28.9 Å². The Morgan fingerprint density at radius 3 is 2.87 bits per heavy atom. The number of hydrogen-bond donors (Lipinski definition) is 0. The number of benzene rings is 1. The lowest BCUT2D eigenvalue weighted by Gasteiger charge is -2.24. The van der Waals surface area contributed by atoms with Crippen LogP contribution in [0.25, 0.3) is 0 Å². The first kappa shape index (κ1) is 14.3. The standard InChI is InChI=1S/C16H13BrN4O2/c17-12-3-1-11(2-4-12)15-8-21-13(9-23-15)7-14(19-21)16(22)20-6-5-18-10-20/h1-7,10,15H,8-9H2. The second-order valence-corrected chi connectivity index (χ2v) is 6.25. The van der Waals surface area contributed by atoms with Crippen LogP contribution in [-0.4, -0.2) is 25.2 Å². The van der Waals surface area contributed by atoms with E-state index in [0.29, 0.717) is 18.8 Å². The molecule has 2 aromatic heterocycles. The van der Waals surface area contributed by atoms with E-state index >= 15 is 0 Å². The number of imidazole rings is 1. The van der Waals surface area contributed by atoms with Gasteiger partial charge in [0.1, 0.15) is 12.4 Å². The van der Waals surface area contributed by atoms with Gasteiger partial charge in [0, 0.05) is 16.9 Å². The first-order valence-electron chi connectivity index (χ1n) is 7.17. The minimum atomic E-state index is -0.190. The first-order valence-corrected chi connectivity index (χ1v) is 7.96. The largest absolute Gasteiger partial charge is 0.365 e. The molecule has 0 amide bonds. The maximum Gasteiger partial charge on any atom is 0.283 e. The number of nitrogens with zero attached hydrogens (tertiary/aromatic N) is 4. The highest BCUT2D eigenvalue weighted by Gasteiger charge is 2.24. The van der Waals surface area contributed by atoms with E-state index in [9.17, 15) is 4.79 Å². The molecule has 0 fully saturated rings. The van der Waals surface area contributed by atoms with E-state index in [-0.39, 0.29) is 12.0 Å². The molecule has 0 saturated heterocycles. The van der Waals surface area contributed by atoms with Crippen molar-refractivity contribution < 1.29 is 9.53 Å². The van der Waals surface area contributed by atoms with Gasteiger partial charge in [0.15, 0.2) is 5.69 Å². The molecule has 1 unspecified atom stereocenters. The van der Waals surface area contributed by atoms with E-state index < -0.39 is 0 Å². The normalized spacial score (nSPS) is 17.0. The zero-order chi connectivity index (χ0) is 15.8. The third-order valence-corrected chi connectivity index (χ3v) is 4.36. The van der Waals surface area contributed by atoms with Crippen LogP contribution in [0.4, 0.5) is 0 Å². The van der Waals surface area contributed by atoms with Gasteiger partial charge in [0.25, 0.3) is 5.91 Å². The Kier molecular flexibility index (Phi) is 3.59. The number of ether oxygens (including phenoxy) is 1. The van der Waals surface area contributed by atoms with Crippen LogP contribution in [0, 0.1) is 0 Å². The maximum absolute atomic E-state index is 12.3. The van der Waals surface area contributed by atoms with Crippen LogP contribution in [0.3, 0.4) is 0 Å². The number of fused-ring (bicyclic) bond motifs is 1. The van der Waals surface area contributed by atoms with Crippen molar-refractivity contribution in [1.29, 1.82) is 0 Å². The fraction of sp³-hybridized carbons (Fsp3) is 0.188. The van der Waals surface area contributed by atoms with Gasteiger partial charge < -0.3 is 4.74 Å². The molecule has 1 aromatic carbocycles. The number of halogens is 1. The number of aromatic nitrogens is 4. The fourth-order valence-electron chi connectivity index (χ4n) is 2.62. The molecule has 1 aliphatic heterocycles. The number of carbonyl (C=O) groups excluding carboxylic acids is 1. The molecule has 1 atom stereocenters. The molecule has 4 rings (SSSR count). The van der Waals surface area contributed by atoms with Crippen molar-refractivity contribution >= 4 is 21.8 Å². The average molecular weight is 373 g/mol. The lowest BCUT2D eigenvalue weighted by Crippen LogP contribution is -2.21. The van der Waals surface area contributed by atoms with Crippen molar-refractivity contribution in [2.24, 2.45) is 0 Å². The van der Waals surface area contributed by atoms with Crippen molar-refractivity contribution in [3.63, 3.8) is 0 Å². The molecule has 3 aromatic rings. The second-order valence-electron chi connectivity index (χ2n) is 5.33. The lowest BCUT2D eigenvalue weighted by molar-refractivity contribution is -0.00120. The second kappa shape index (κ2) is 5.75. The Bertz CT molecular complexity index is 840. The van der Waals surface area contributed by atoms with E-state index in [1.54, 1.807) is 18.5 Å². The van der Waals surface area contributed by atoms with Gasteiger partial charge in [0.05, 0.1) is 18.8 Å². The summed E-state index contributed by atoms with van der Waals surface area (Å²) >= 11 is 3.43. The lowest BCUT2D eigenvalue weighted by atomic mass is 10.1. The summed E-state index contributed by atoms with van der Waals surface area (Å²) in [4.78, 5) is 16.2. The number of hydrogen-bond acceptors (Lipinski definition) is 4. The summed E-state index contributed by atoms with van der Waals surface area (Å²) in [5, 5.41) is 4.43. The Morgan fingerprint density at radius 1 is 1.30 bits per heavy atom. The molecule has 6 nitrogen and oxygen atoms in total. The summed E-state index contributed by atoms with van der Waals surface area (Å²) in [5.74, 6) is -0.190. The monoisotopic (exact) mass is 372 g/mol. The smallest absolute Gasteiger partial charge is 0.283 e. The molecule has 1 aliphatic rings. The summed E-state index contributed by atoms with van der Waals surface area (Å²) in [6.07, 6.45) is 4.59. The Balaban J connectivity index is 1.58. The first-order chi connectivity index (χ1) is 11.2. The highest BCUT2D eigenvalue weighted by Crippen LogP contribution is 2.27. The zero-order valence-corrected chi connectivity index (χ0v) is 13.7. The number of rotatable bonds is 2. The van der Waals surface area contributed by atoms with Gasteiger partial charge in [0.2, 0.25) is 0 Å². The van der Waals surface area contributed by atoms with Crippen LogP contribution < -0.4 is 0 Å². The van der Waals surface area contributed by atoms with Gasteiger partial charge >= 0.3 is 0 Å². The van der Waals surface area contributed by atoms with Gasteiger partial charge in [-0.25, -0.2) is 4.98 Å². The van der Waals surface area contributed by atoms with Crippen molar-refractivity contribution in [2.75, 3.05) is 0 Å². The van der Waals surface area contributed by atoms with Crippen LogP contribution in [0.1, 0.15) is 27.8 Å². The maximum atomic E-state index is 12.3. The summed E-state index contributed by atoms with van der Waals surface area (Å²) in [6, 6.07) is 9.82. The minimum absolute atomic E-state index is 0.0632. The molecule has 0 radical (unpaired) electrons. The third-order valence-electron chi connectivity index (χ3n) is 3.83. The highest BCUT2D eigenvalue weighted by atomic mass is 79.9. The van der Waals surface area contributed by atoms with Gasteiger partial charge in [-0.1, -0.05) is 28.1 Å². The molecule has 0 saturated carbocycles. The summed E-state index contributed by atoms with van der Waals surface area (Å²) in [7, 11) is 0. The molecule has 3 heterocycles. The van der Waals surface area contributed by atoms with E-state index in [1.165, 1.54) is 10.9 Å². The molecule has 116 valence electrons. The Hall–Kier alpha value is -2.25. The molecule has 7 heteroatoms. The molecular weight excluding hydrogens is 360 g/mol. The van der Waals surface area contributed by atoms with Gasteiger partial charge in [-0.05, 0) is 23.8 Å². The predicted molar refractivity (Wildman–Crippen MR) is 85.9 cm³/mol. The third kappa shape index (κ3) is 2.73. The highest BCUT2D eigenvalue weighted by molar-refractivity contribution is 9.10. The fourth-order valence-corrected chi connectivity index (χ4v) is 2.88. The van der Waals surface area contributed by atoms with E-state index in [0.717, 1.165) is 15.7 Å². The van der Waals surface area contributed by atoms with E-state index in [2.05, 4.69) is 26.0 Å². The van der Waals surface area contributed by atoms with Crippen LogP contribution in [0.5, 0.6) is 0 Å². The summed E-state index contributed by atoms with van der Waals surface area (Å²) in [5.41, 5.74) is 2.40. The van der Waals surface area contributed by atoms with Crippen molar-refractivity contribution in [3.8, 4) is 0 Å². The van der Waals surface area contributed by atoms with Crippen molar-refractivity contribution in [1.82, 2.24) is 19.3 Å². The quantitative estimate of drug-likeness (QED) is 0.693. The van der Waals surface area contributed by atoms with Crippen molar-refractivity contribution in [2.45, 2.75) is 19.3 Å². The molecule has 0 spiro atoms. The predicted octanol–water partition coefficient (Wildman–Crippen LogP) is 2.80. The topological polar surface area (TPSA) is 61.9 Å². The summed E-state index contributed by atoms with van der Waals surface area (Å²) in [6.45, 7) is 1.03. The molecule has 0 N–H and O–H groups in total. The van der Waals surface area contributed by atoms with Crippen LogP contribution in [-0.2, 0) is 17.9 Å². The Morgan fingerprint density at radius 2 is 2.13 bits per heavy atom. The van der Waals surface area contributed by atoms with Crippen LogP contribution in [0.2, 0.25) is 0 Å². The molecular formula is C16H13BrN4O2. The molecule has 0 aliphatic carbocycles. The molecule has 23 heavy (non-hydrogen) atoms. The minimum Gasteiger partial charge on any atom is -0.365 e.